The van der Waals surface area contributed by atoms with Crippen molar-refractivity contribution in [2.45, 2.75) is 26.8 Å². The molecular weight excluding hydrogens is 300 g/mol. The number of aromatic nitrogens is 1. The van der Waals surface area contributed by atoms with Crippen LogP contribution in [0.1, 0.15) is 23.2 Å². The zero-order valence-corrected chi connectivity index (χ0v) is 14.4. The Labute approximate surface area is 134 Å². The third-order valence-corrected chi connectivity index (χ3v) is 4.56. The van der Waals surface area contributed by atoms with Gasteiger partial charge in [0.25, 0.3) is 0 Å². The van der Waals surface area contributed by atoms with E-state index in [4.69, 9.17) is 4.99 Å². The highest BCUT2D eigenvalue weighted by atomic mass is 32.1. The van der Waals surface area contributed by atoms with Crippen LogP contribution in [0.15, 0.2) is 27.2 Å². The second-order valence-corrected chi connectivity index (χ2v) is 6.67. The number of aliphatic imine (C=N–C) groups is 1. The minimum Gasteiger partial charge on any atom is -0.357 e. The molecule has 2 heterocycles. The number of aryl methyl sites for hydroxylation is 1. The summed E-state index contributed by atoms with van der Waals surface area (Å²) < 4.78 is 0. The van der Waals surface area contributed by atoms with Crippen molar-refractivity contribution in [1.82, 2.24) is 15.2 Å². The van der Waals surface area contributed by atoms with E-state index in [0.29, 0.717) is 0 Å². The molecule has 0 fully saturated rings. The molecule has 0 spiro atoms. The lowest BCUT2D eigenvalue weighted by Crippen LogP contribution is -2.38. The van der Waals surface area contributed by atoms with Crippen LogP contribution in [0.4, 0.5) is 0 Å². The summed E-state index contributed by atoms with van der Waals surface area (Å²) in [5.74, 6) is 0.943. The standard InChI is InChI=1S/C15H22N4S2/c1-4-16-15(17-7-5-13-6-8-20-10-13)19(3)9-14-11-21-12(2)18-14/h6,8,10-11H,4-5,7,9H2,1-3H3,(H,16,17). The molecular formula is C15H22N4S2. The number of nitrogens with one attached hydrogen (secondary N) is 1. The van der Waals surface area contributed by atoms with E-state index in [1.54, 1.807) is 22.7 Å². The lowest BCUT2D eigenvalue weighted by atomic mass is 10.2. The molecule has 0 saturated heterocycles. The average Bonchev–Trinajstić information content (AvgIpc) is 3.10. The van der Waals surface area contributed by atoms with Crippen LogP contribution >= 0.6 is 22.7 Å². The lowest BCUT2D eigenvalue weighted by molar-refractivity contribution is 0.471. The maximum absolute atomic E-state index is 4.70. The highest BCUT2D eigenvalue weighted by Crippen LogP contribution is 2.10. The Morgan fingerprint density at radius 2 is 2.29 bits per heavy atom. The van der Waals surface area contributed by atoms with Crippen LogP contribution in [0.25, 0.3) is 0 Å². The Hall–Kier alpha value is -1.40. The predicted molar refractivity (Wildman–Crippen MR) is 92.3 cm³/mol. The van der Waals surface area contributed by atoms with Crippen molar-refractivity contribution in [3.8, 4) is 0 Å². The average molecular weight is 323 g/mol. The molecule has 0 aliphatic rings. The number of guanidine groups is 1. The van der Waals surface area contributed by atoms with Gasteiger partial charge in [-0.1, -0.05) is 0 Å². The first-order valence-electron chi connectivity index (χ1n) is 7.10. The van der Waals surface area contributed by atoms with E-state index >= 15 is 0 Å². The first kappa shape index (κ1) is 16.0. The van der Waals surface area contributed by atoms with Crippen molar-refractivity contribution in [1.29, 1.82) is 0 Å². The molecule has 0 radical (unpaired) electrons. The van der Waals surface area contributed by atoms with Gasteiger partial charge in [0.15, 0.2) is 5.96 Å². The van der Waals surface area contributed by atoms with Gasteiger partial charge >= 0.3 is 0 Å². The number of hydrogen-bond acceptors (Lipinski definition) is 4. The van der Waals surface area contributed by atoms with Crippen molar-refractivity contribution in [3.05, 3.63) is 38.5 Å². The van der Waals surface area contributed by atoms with Gasteiger partial charge in [-0.05, 0) is 42.7 Å². The summed E-state index contributed by atoms with van der Waals surface area (Å²) in [6.45, 7) is 6.59. The van der Waals surface area contributed by atoms with Gasteiger partial charge < -0.3 is 10.2 Å². The van der Waals surface area contributed by atoms with E-state index in [2.05, 4.69) is 51.4 Å². The molecule has 6 heteroatoms. The summed E-state index contributed by atoms with van der Waals surface area (Å²) in [4.78, 5) is 11.3. The van der Waals surface area contributed by atoms with Crippen LogP contribution in [0.2, 0.25) is 0 Å². The zero-order valence-electron chi connectivity index (χ0n) is 12.8. The van der Waals surface area contributed by atoms with E-state index in [1.807, 2.05) is 6.92 Å². The number of thiazole rings is 1. The SMILES string of the molecule is CCNC(=NCCc1ccsc1)N(C)Cc1csc(C)n1. The summed E-state index contributed by atoms with van der Waals surface area (Å²) in [5, 5.41) is 10.9. The molecule has 0 unspecified atom stereocenters. The maximum atomic E-state index is 4.70. The fourth-order valence-corrected chi connectivity index (χ4v) is 3.30. The fourth-order valence-electron chi connectivity index (χ4n) is 1.99. The van der Waals surface area contributed by atoms with E-state index < -0.39 is 0 Å². The van der Waals surface area contributed by atoms with E-state index in [-0.39, 0.29) is 0 Å². The smallest absolute Gasteiger partial charge is 0.194 e. The summed E-state index contributed by atoms with van der Waals surface area (Å²) in [6, 6.07) is 2.16. The molecule has 114 valence electrons. The third kappa shape index (κ3) is 5.13. The molecule has 0 bridgehead atoms. The Balaban J connectivity index is 1.92. The number of rotatable bonds is 6. The molecule has 0 saturated carbocycles. The van der Waals surface area contributed by atoms with Crippen LogP contribution in [0.3, 0.4) is 0 Å². The van der Waals surface area contributed by atoms with Crippen molar-refractivity contribution >= 4 is 28.6 Å². The minimum absolute atomic E-state index is 0.786. The van der Waals surface area contributed by atoms with Crippen LogP contribution in [0, 0.1) is 6.92 Å². The summed E-state index contributed by atoms with van der Waals surface area (Å²) in [6.07, 6.45) is 0.988. The van der Waals surface area contributed by atoms with Crippen LogP contribution in [-0.2, 0) is 13.0 Å². The Bertz CT molecular complexity index is 560. The Morgan fingerprint density at radius 1 is 1.43 bits per heavy atom. The molecule has 0 aliphatic heterocycles. The van der Waals surface area contributed by atoms with Crippen molar-refractivity contribution in [2.24, 2.45) is 4.99 Å². The molecule has 2 aromatic rings. The zero-order chi connectivity index (χ0) is 15.1. The van der Waals surface area contributed by atoms with Gasteiger partial charge in [-0.25, -0.2) is 4.98 Å². The monoisotopic (exact) mass is 322 g/mol. The van der Waals surface area contributed by atoms with Crippen molar-refractivity contribution in [3.63, 3.8) is 0 Å². The number of hydrogen-bond donors (Lipinski definition) is 1. The molecule has 0 aromatic carbocycles. The minimum atomic E-state index is 0.786. The fraction of sp³-hybridized carbons (Fsp3) is 0.467. The summed E-state index contributed by atoms with van der Waals surface area (Å²) in [7, 11) is 2.06. The van der Waals surface area contributed by atoms with E-state index in [0.717, 1.165) is 42.7 Å². The quantitative estimate of drug-likeness (QED) is 0.656. The molecule has 0 amide bonds. The molecule has 2 aromatic heterocycles. The van der Waals surface area contributed by atoms with E-state index in [9.17, 15) is 0 Å². The molecule has 1 N–H and O–H groups in total. The highest BCUT2D eigenvalue weighted by Gasteiger charge is 2.08. The first-order chi connectivity index (χ1) is 10.2. The summed E-state index contributed by atoms with van der Waals surface area (Å²) >= 11 is 3.43. The van der Waals surface area contributed by atoms with Crippen molar-refractivity contribution in [2.75, 3.05) is 20.1 Å². The van der Waals surface area contributed by atoms with E-state index in [1.165, 1.54) is 5.56 Å². The van der Waals surface area contributed by atoms with Gasteiger partial charge in [-0.3, -0.25) is 4.99 Å². The maximum Gasteiger partial charge on any atom is 0.194 e. The molecule has 2 rings (SSSR count). The lowest BCUT2D eigenvalue weighted by Gasteiger charge is -2.21. The molecule has 4 nitrogen and oxygen atoms in total. The third-order valence-electron chi connectivity index (χ3n) is 3.00. The van der Waals surface area contributed by atoms with Crippen molar-refractivity contribution < 1.29 is 0 Å². The first-order valence-corrected chi connectivity index (χ1v) is 8.92. The van der Waals surface area contributed by atoms with Crippen LogP contribution in [-0.4, -0.2) is 36.0 Å². The summed E-state index contributed by atoms with van der Waals surface area (Å²) in [5.41, 5.74) is 2.46. The normalized spacial score (nSPS) is 11.7. The van der Waals surface area contributed by atoms with Gasteiger partial charge in [-0.15, -0.1) is 11.3 Å². The second kappa shape index (κ2) is 8.14. The van der Waals surface area contributed by atoms with Gasteiger partial charge in [-0.2, -0.15) is 11.3 Å². The van der Waals surface area contributed by atoms with Gasteiger partial charge in [0.1, 0.15) is 0 Å². The predicted octanol–water partition coefficient (Wildman–Crippen LogP) is 3.15. The topological polar surface area (TPSA) is 40.5 Å². The number of thiophene rings is 1. The molecule has 21 heavy (non-hydrogen) atoms. The largest absolute Gasteiger partial charge is 0.357 e. The van der Waals surface area contributed by atoms with Gasteiger partial charge in [0.05, 0.1) is 17.2 Å². The molecule has 0 atom stereocenters. The van der Waals surface area contributed by atoms with Crippen LogP contribution < -0.4 is 5.32 Å². The van der Waals surface area contributed by atoms with Gasteiger partial charge in [0, 0.05) is 25.5 Å². The molecule has 0 aliphatic carbocycles. The second-order valence-electron chi connectivity index (χ2n) is 4.83. The van der Waals surface area contributed by atoms with Gasteiger partial charge in [0.2, 0.25) is 0 Å². The Kier molecular flexibility index (Phi) is 6.20. The highest BCUT2D eigenvalue weighted by molar-refractivity contribution is 7.09. The van der Waals surface area contributed by atoms with Crippen LogP contribution in [0.5, 0.6) is 0 Å². The Morgan fingerprint density at radius 3 is 2.90 bits per heavy atom. The number of nitrogens with zero attached hydrogens (tertiary/aromatic N) is 3.